The van der Waals surface area contributed by atoms with Gasteiger partial charge in [-0.2, -0.15) is 0 Å². The molecule has 0 bridgehead atoms. The fourth-order valence-corrected chi connectivity index (χ4v) is 1.96. The van der Waals surface area contributed by atoms with Crippen molar-refractivity contribution in [3.05, 3.63) is 29.8 Å². The zero-order valence-corrected chi connectivity index (χ0v) is 9.27. The summed E-state index contributed by atoms with van der Waals surface area (Å²) < 4.78 is 0. The molecule has 1 aromatic carbocycles. The summed E-state index contributed by atoms with van der Waals surface area (Å²) in [4.78, 5) is 1.30. The van der Waals surface area contributed by atoms with Gasteiger partial charge in [0.05, 0.1) is 0 Å². The predicted molar refractivity (Wildman–Crippen MR) is 60.0 cm³/mol. The number of nitrogens with two attached hydrogens (primary N) is 1. The van der Waals surface area contributed by atoms with Crippen molar-refractivity contribution in [2.75, 3.05) is 6.26 Å². The molecule has 0 aromatic heterocycles. The first-order valence-corrected chi connectivity index (χ1v) is 5.77. The maximum Gasteiger partial charge on any atom is 0.0329 e. The van der Waals surface area contributed by atoms with Crippen molar-refractivity contribution in [3.8, 4) is 0 Å². The lowest BCUT2D eigenvalue weighted by atomic mass is 9.97. The highest BCUT2D eigenvalue weighted by Gasteiger charge is 2.12. The van der Waals surface area contributed by atoms with Crippen molar-refractivity contribution in [1.29, 1.82) is 0 Å². The molecule has 2 heteroatoms. The van der Waals surface area contributed by atoms with Crippen LogP contribution in [-0.2, 0) is 0 Å². The Morgan fingerprint density at radius 3 is 2.38 bits per heavy atom. The summed E-state index contributed by atoms with van der Waals surface area (Å²) in [5, 5.41) is 0. The van der Waals surface area contributed by atoms with Gasteiger partial charge in [-0.25, -0.2) is 0 Å². The topological polar surface area (TPSA) is 26.0 Å². The smallest absolute Gasteiger partial charge is 0.0329 e. The maximum absolute atomic E-state index is 6.10. The van der Waals surface area contributed by atoms with Crippen molar-refractivity contribution in [3.63, 3.8) is 0 Å². The molecular weight excluding hydrogens is 178 g/mol. The standard InChI is InChI=1S/C11H17NS/c1-8(2)11(12)9-6-4-5-7-10(9)13-3/h4-8,11H,12H2,1-3H3. The third kappa shape index (κ3) is 2.48. The Morgan fingerprint density at radius 2 is 1.85 bits per heavy atom. The Labute approximate surface area is 84.7 Å². The largest absolute Gasteiger partial charge is 0.324 e. The molecule has 13 heavy (non-hydrogen) atoms. The lowest BCUT2D eigenvalue weighted by molar-refractivity contribution is 0.508. The van der Waals surface area contributed by atoms with Gasteiger partial charge >= 0.3 is 0 Å². The highest BCUT2D eigenvalue weighted by atomic mass is 32.2. The average molecular weight is 195 g/mol. The number of benzene rings is 1. The predicted octanol–water partition coefficient (Wildman–Crippen LogP) is 3.06. The van der Waals surface area contributed by atoms with Gasteiger partial charge in [0, 0.05) is 10.9 Å². The lowest BCUT2D eigenvalue weighted by Crippen LogP contribution is -2.17. The third-order valence-electron chi connectivity index (χ3n) is 2.22. The zero-order valence-electron chi connectivity index (χ0n) is 8.45. The van der Waals surface area contributed by atoms with E-state index in [1.54, 1.807) is 11.8 Å². The molecule has 2 N–H and O–H groups in total. The van der Waals surface area contributed by atoms with Gasteiger partial charge in [-0.05, 0) is 23.8 Å². The highest BCUT2D eigenvalue weighted by molar-refractivity contribution is 7.98. The Balaban J connectivity index is 2.98. The van der Waals surface area contributed by atoms with E-state index >= 15 is 0 Å². The summed E-state index contributed by atoms with van der Waals surface area (Å²) in [6.07, 6.45) is 2.09. The maximum atomic E-state index is 6.10. The highest BCUT2D eigenvalue weighted by Crippen LogP contribution is 2.28. The molecule has 0 spiro atoms. The van der Waals surface area contributed by atoms with Gasteiger partial charge in [0.2, 0.25) is 0 Å². The van der Waals surface area contributed by atoms with Crippen LogP contribution in [0, 0.1) is 5.92 Å². The van der Waals surface area contributed by atoms with Crippen molar-refractivity contribution >= 4 is 11.8 Å². The van der Waals surface area contributed by atoms with Crippen LogP contribution in [0.25, 0.3) is 0 Å². The lowest BCUT2D eigenvalue weighted by Gasteiger charge is -2.18. The number of hydrogen-bond acceptors (Lipinski definition) is 2. The van der Waals surface area contributed by atoms with Crippen LogP contribution < -0.4 is 5.73 Å². The molecule has 0 saturated heterocycles. The van der Waals surface area contributed by atoms with Gasteiger partial charge in [0.1, 0.15) is 0 Å². The Kier molecular flexibility index (Phi) is 3.82. The van der Waals surface area contributed by atoms with E-state index in [1.165, 1.54) is 10.5 Å². The average Bonchev–Trinajstić information content (AvgIpc) is 2.16. The SMILES string of the molecule is CSc1ccccc1C(N)C(C)C. The molecule has 1 unspecified atom stereocenters. The van der Waals surface area contributed by atoms with Gasteiger partial charge in [0.15, 0.2) is 0 Å². The van der Waals surface area contributed by atoms with E-state index in [2.05, 4.69) is 44.4 Å². The van der Waals surface area contributed by atoms with E-state index in [1.807, 2.05) is 0 Å². The number of hydrogen-bond donors (Lipinski definition) is 1. The molecule has 1 rings (SSSR count). The number of thioether (sulfide) groups is 1. The second-order valence-electron chi connectivity index (χ2n) is 3.51. The molecule has 0 fully saturated rings. The van der Waals surface area contributed by atoms with Crippen LogP contribution in [0.15, 0.2) is 29.2 Å². The minimum Gasteiger partial charge on any atom is -0.324 e. The molecular formula is C11H17NS. The molecule has 1 nitrogen and oxygen atoms in total. The van der Waals surface area contributed by atoms with Crippen molar-refractivity contribution in [1.82, 2.24) is 0 Å². The normalized spacial score (nSPS) is 13.3. The van der Waals surface area contributed by atoms with E-state index in [0.717, 1.165) is 0 Å². The molecule has 72 valence electrons. The van der Waals surface area contributed by atoms with Crippen LogP contribution in [0.4, 0.5) is 0 Å². The second-order valence-corrected chi connectivity index (χ2v) is 4.36. The summed E-state index contributed by atoms with van der Waals surface area (Å²) in [5.41, 5.74) is 7.37. The van der Waals surface area contributed by atoms with E-state index in [-0.39, 0.29) is 6.04 Å². The van der Waals surface area contributed by atoms with Gasteiger partial charge in [-0.15, -0.1) is 11.8 Å². The third-order valence-corrected chi connectivity index (χ3v) is 3.03. The monoisotopic (exact) mass is 195 g/mol. The molecule has 0 aliphatic carbocycles. The van der Waals surface area contributed by atoms with Crippen LogP contribution in [0.3, 0.4) is 0 Å². The summed E-state index contributed by atoms with van der Waals surface area (Å²) >= 11 is 1.76. The van der Waals surface area contributed by atoms with Crippen molar-refractivity contribution in [2.24, 2.45) is 11.7 Å². The fourth-order valence-electron chi connectivity index (χ4n) is 1.30. The molecule has 0 saturated carbocycles. The minimum absolute atomic E-state index is 0.156. The molecule has 0 aliphatic heterocycles. The summed E-state index contributed by atoms with van der Waals surface area (Å²) in [6, 6.07) is 8.52. The summed E-state index contributed by atoms with van der Waals surface area (Å²) in [6.45, 7) is 4.31. The summed E-state index contributed by atoms with van der Waals surface area (Å²) in [7, 11) is 0. The van der Waals surface area contributed by atoms with Crippen LogP contribution in [0.2, 0.25) is 0 Å². The molecule has 1 aromatic rings. The van der Waals surface area contributed by atoms with E-state index < -0.39 is 0 Å². The summed E-state index contributed by atoms with van der Waals surface area (Å²) in [5.74, 6) is 0.494. The second kappa shape index (κ2) is 4.68. The molecule has 0 heterocycles. The first-order chi connectivity index (χ1) is 6.16. The van der Waals surface area contributed by atoms with E-state index in [9.17, 15) is 0 Å². The first kappa shape index (κ1) is 10.6. The van der Waals surface area contributed by atoms with Crippen LogP contribution in [0.5, 0.6) is 0 Å². The van der Waals surface area contributed by atoms with E-state index in [0.29, 0.717) is 5.92 Å². The van der Waals surface area contributed by atoms with Crippen LogP contribution in [0.1, 0.15) is 25.5 Å². The molecule has 0 radical (unpaired) electrons. The van der Waals surface area contributed by atoms with Crippen molar-refractivity contribution in [2.45, 2.75) is 24.8 Å². The van der Waals surface area contributed by atoms with Gasteiger partial charge in [-0.3, -0.25) is 0 Å². The Morgan fingerprint density at radius 1 is 1.23 bits per heavy atom. The Bertz CT molecular complexity index is 271. The zero-order chi connectivity index (χ0) is 9.84. The van der Waals surface area contributed by atoms with Crippen molar-refractivity contribution < 1.29 is 0 Å². The quantitative estimate of drug-likeness (QED) is 0.750. The molecule has 0 aliphatic rings. The molecule has 0 amide bonds. The van der Waals surface area contributed by atoms with Crippen LogP contribution >= 0.6 is 11.8 Å². The minimum atomic E-state index is 0.156. The van der Waals surface area contributed by atoms with Gasteiger partial charge < -0.3 is 5.73 Å². The molecule has 1 atom stereocenters. The van der Waals surface area contributed by atoms with Gasteiger partial charge in [0.25, 0.3) is 0 Å². The first-order valence-electron chi connectivity index (χ1n) is 4.55. The van der Waals surface area contributed by atoms with E-state index in [4.69, 9.17) is 5.73 Å². The fraction of sp³-hybridized carbons (Fsp3) is 0.455. The van der Waals surface area contributed by atoms with Gasteiger partial charge in [-0.1, -0.05) is 32.0 Å². The van der Waals surface area contributed by atoms with Crippen LogP contribution in [-0.4, -0.2) is 6.26 Å². The Hall–Kier alpha value is -0.470. The number of rotatable bonds is 3.